The first-order valence-electron chi connectivity index (χ1n) is 7.90. The first kappa shape index (κ1) is 23.9. The number of aliphatic imine (C=N–C) groups is 1. The van der Waals surface area contributed by atoms with Gasteiger partial charge in [0.05, 0.1) is 27.4 Å². The Kier molecular flexibility index (Phi) is 11.1. The van der Waals surface area contributed by atoms with Gasteiger partial charge >= 0.3 is 0 Å². The first-order chi connectivity index (χ1) is 10.8. The molecule has 1 saturated heterocycles. The number of hydrogen-bond acceptors (Lipinski definition) is 5. The highest BCUT2D eigenvalue weighted by atomic mass is 35.5. The molecule has 1 aromatic carbocycles. The van der Waals surface area contributed by atoms with Crippen molar-refractivity contribution in [2.75, 3.05) is 53.6 Å². The van der Waals surface area contributed by atoms with Crippen LogP contribution in [0, 0.1) is 0 Å². The Morgan fingerprint density at radius 2 is 1.72 bits per heavy atom. The monoisotopic (exact) mass is 394 g/mol. The lowest BCUT2D eigenvalue weighted by Crippen LogP contribution is -2.37. The molecular weight excluding hydrogens is 367 g/mol. The van der Waals surface area contributed by atoms with E-state index in [1.807, 2.05) is 0 Å². The van der Waals surface area contributed by atoms with Gasteiger partial charge in [0.2, 0.25) is 0 Å². The molecule has 0 atom stereocenters. The Morgan fingerprint density at radius 3 is 2.36 bits per heavy atom. The van der Waals surface area contributed by atoms with Gasteiger partial charge in [0.1, 0.15) is 0 Å². The highest BCUT2D eigenvalue weighted by molar-refractivity contribution is 6.03. The molecule has 2 aliphatic heterocycles. The number of halogens is 2. The van der Waals surface area contributed by atoms with Crippen molar-refractivity contribution in [3.8, 4) is 11.5 Å². The van der Waals surface area contributed by atoms with Gasteiger partial charge < -0.3 is 19.7 Å². The Bertz CT molecular complexity index is 564. The van der Waals surface area contributed by atoms with Crippen molar-refractivity contribution in [2.45, 2.75) is 12.8 Å². The predicted molar refractivity (Wildman–Crippen MR) is 105 cm³/mol. The van der Waals surface area contributed by atoms with Gasteiger partial charge in [-0.25, -0.2) is 0 Å². The summed E-state index contributed by atoms with van der Waals surface area (Å²) in [6, 6.07) is 4.17. The maximum absolute atomic E-state index is 5.44. The van der Waals surface area contributed by atoms with Gasteiger partial charge in [-0.3, -0.25) is 9.89 Å². The topological polar surface area (TPSA) is 74.8 Å². The number of hydrogen-bond donors (Lipinski definition) is 0. The number of benzene rings is 1. The van der Waals surface area contributed by atoms with Crippen LogP contribution in [-0.4, -0.2) is 69.7 Å². The molecule has 1 aromatic rings. The summed E-state index contributed by atoms with van der Waals surface area (Å²) in [5, 5.41) is 0. The summed E-state index contributed by atoms with van der Waals surface area (Å²) in [5.74, 6) is 1.58. The largest absolute Gasteiger partial charge is 0.493 e. The van der Waals surface area contributed by atoms with Gasteiger partial charge in [-0.1, -0.05) is 0 Å². The van der Waals surface area contributed by atoms with Crippen LogP contribution in [0.3, 0.4) is 0 Å². The van der Waals surface area contributed by atoms with E-state index in [9.17, 15) is 0 Å². The molecule has 0 radical (unpaired) electrons. The first-order valence-corrected chi connectivity index (χ1v) is 7.90. The molecular formula is C17H28Cl2N2O4. The van der Waals surface area contributed by atoms with Crippen LogP contribution < -0.4 is 9.47 Å². The van der Waals surface area contributed by atoms with Crippen LogP contribution in [0.15, 0.2) is 17.1 Å². The van der Waals surface area contributed by atoms with Crippen molar-refractivity contribution in [3.05, 3.63) is 23.3 Å². The Balaban J connectivity index is 0.00000192. The van der Waals surface area contributed by atoms with E-state index >= 15 is 0 Å². The van der Waals surface area contributed by atoms with E-state index in [4.69, 9.17) is 19.2 Å². The molecule has 144 valence electrons. The molecule has 1 fully saturated rings. The third kappa shape index (κ3) is 5.72. The molecule has 2 heterocycles. The quantitative estimate of drug-likeness (QED) is 0.762. The standard InChI is InChI=1S/C17H24N2O3.2ClH.H2O/c1-20-16-11-13-3-5-18-15(14(13)12-17(16)21-2)4-6-19-7-9-22-10-8-19;;;/h11-12H,3-10H2,1-2H3;2*1H;1H2. The van der Waals surface area contributed by atoms with Crippen LogP contribution in [0.5, 0.6) is 11.5 Å². The van der Waals surface area contributed by atoms with E-state index < -0.39 is 0 Å². The average molecular weight is 395 g/mol. The fourth-order valence-corrected chi connectivity index (χ4v) is 3.10. The number of fused-ring (bicyclic) bond motifs is 1. The van der Waals surface area contributed by atoms with E-state index in [0.29, 0.717) is 0 Å². The Morgan fingerprint density at radius 1 is 1.08 bits per heavy atom. The van der Waals surface area contributed by atoms with Gasteiger partial charge in [-0.05, 0) is 24.1 Å². The number of nitrogens with zero attached hydrogens (tertiary/aromatic N) is 2. The van der Waals surface area contributed by atoms with Gasteiger partial charge in [-0.2, -0.15) is 0 Å². The number of rotatable bonds is 5. The van der Waals surface area contributed by atoms with Crippen molar-refractivity contribution < 1.29 is 19.7 Å². The maximum atomic E-state index is 5.44. The lowest BCUT2D eigenvalue weighted by molar-refractivity contribution is 0.0392. The van der Waals surface area contributed by atoms with Gasteiger partial charge in [0.25, 0.3) is 0 Å². The van der Waals surface area contributed by atoms with Crippen molar-refractivity contribution in [3.63, 3.8) is 0 Å². The molecule has 0 bridgehead atoms. The zero-order valence-electron chi connectivity index (χ0n) is 14.7. The van der Waals surface area contributed by atoms with Crippen molar-refractivity contribution in [1.82, 2.24) is 4.90 Å². The summed E-state index contributed by atoms with van der Waals surface area (Å²) in [6.07, 6.45) is 1.94. The fraction of sp³-hybridized carbons (Fsp3) is 0.588. The molecule has 6 nitrogen and oxygen atoms in total. The second kappa shape index (κ2) is 11.5. The van der Waals surface area contributed by atoms with Crippen LogP contribution in [-0.2, 0) is 11.2 Å². The minimum absolute atomic E-state index is 0. The molecule has 0 aliphatic carbocycles. The molecule has 0 aromatic heterocycles. The summed E-state index contributed by atoms with van der Waals surface area (Å²) in [5.41, 5.74) is 3.72. The molecule has 0 unspecified atom stereocenters. The van der Waals surface area contributed by atoms with Gasteiger partial charge in [-0.15, -0.1) is 24.8 Å². The Labute approximate surface area is 161 Å². The van der Waals surface area contributed by atoms with Crippen molar-refractivity contribution in [1.29, 1.82) is 0 Å². The Hall–Kier alpha value is -1.05. The minimum atomic E-state index is 0. The molecule has 25 heavy (non-hydrogen) atoms. The second-order valence-electron chi connectivity index (χ2n) is 5.65. The highest BCUT2D eigenvalue weighted by Crippen LogP contribution is 2.33. The number of ether oxygens (including phenoxy) is 3. The third-order valence-electron chi connectivity index (χ3n) is 4.37. The minimum Gasteiger partial charge on any atom is -0.493 e. The fourth-order valence-electron chi connectivity index (χ4n) is 3.10. The van der Waals surface area contributed by atoms with Gasteiger partial charge in [0.15, 0.2) is 11.5 Å². The lowest BCUT2D eigenvalue weighted by atomic mass is 9.95. The van der Waals surface area contributed by atoms with Crippen molar-refractivity contribution in [2.24, 2.45) is 4.99 Å². The highest BCUT2D eigenvalue weighted by Gasteiger charge is 2.19. The summed E-state index contributed by atoms with van der Waals surface area (Å²) in [7, 11) is 3.36. The van der Waals surface area contributed by atoms with Crippen LogP contribution in [0.4, 0.5) is 0 Å². The molecule has 0 amide bonds. The van der Waals surface area contributed by atoms with Gasteiger partial charge in [0, 0.05) is 43.9 Å². The molecule has 0 saturated carbocycles. The van der Waals surface area contributed by atoms with Crippen molar-refractivity contribution >= 4 is 30.5 Å². The molecule has 8 heteroatoms. The number of morpholine rings is 1. The summed E-state index contributed by atoms with van der Waals surface area (Å²) < 4.78 is 16.2. The van der Waals surface area contributed by atoms with Crippen LogP contribution in [0.1, 0.15) is 17.5 Å². The maximum Gasteiger partial charge on any atom is 0.161 e. The second-order valence-corrected chi connectivity index (χ2v) is 5.65. The smallest absolute Gasteiger partial charge is 0.161 e. The molecule has 2 aliphatic rings. The lowest BCUT2D eigenvalue weighted by Gasteiger charge is -2.27. The van der Waals surface area contributed by atoms with E-state index in [1.165, 1.54) is 16.8 Å². The summed E-state index contributed by atoms with van der Waals surface area (Å²) >= 11 is 0. The third-order valence-corrected chi connectivity index (χ3v) is 4.37. The number of methoxy groups -OCH3 is 2. The molecule has 3 rings (SSSR count). The zero-order chi connectivity index (χ0) is 15.4. The molecule has 0 spiro atoms. The average Bonchev–Trinajstić information content (AvgIpc) is 2.59. The van der Waals surface area contributed by atoms with Crippen LogP contribution >= 0.6 is 24.8 Å². The summed E-state index contributed by atoms with van der Waals surface area (Å²) in [4.78, 5) is 7.19. The predicted octanol–water partition coefficient (Wildman–Crippen LogP) is 1.79. The van der Waals surface area contributed by atoms with E-state index in [-0.39, 0.29) is 30.3 Å². The SMILES string of the molecule is COc1cc2c(cc1OC)C(CCN1CCOCC1)=NCC2.Cl.Cl.O. The van der Waals surface area contributed by atoms with E-state index in [1.54, 1.807) is 14.2 Å². The van der Waals surface area contributed by atoms with E-state index in [2.05, 4.69) is 17.0 Å². The van der Waals surface area contributed by atoms with Crippen LogP contribution in [0.2, 0.25) is 0 Å². The normalized spacial score (nSPS) is 16.3. The zero-order valence-corrected chi connectivity index (χ0v) is 16.4. The van der Waals surface area contributed by atoms with E-state index in [0.717, 1.165) is 63.7 Å². The summed E-state index contributed by atoms with van der Waals surface area (Å²) in [6.45, 7) is 5.62. The molecule has 2 N–H and O–H groups in total. The van der Waals surface area contributed by atoms with Crippen LogP contribution in [0.25, 0.3) is 0 Å².